The van der Waals surface area contributed by atoms with Gasteiger partial charge in [-0.15, -0.1) is 0 Å². The summed E-state index contributed by atoms with van der Waals surface area (Å²) in [5.41, 5.74) is 13.5. The SMILES string of the molecule is CC(C)(C)OC(=O)Cc1ccc2c(c1)CC[C@@H](CC1(C(N)=O)CC1)O2.CC(C)(C)OC(=O)Cc1ccc2c(c1)CC[C@H](CC1(C(N)=O)CC1)O2. The van der Waals surface area contributed by atoms with Gasteiger partial charge in [0.1, 0.15) is 34.9 Å². The van der Waals surface area contributed by atoms with Gasteiger partial charge in [0.2, 0.25) is 11.8 Å². The van der Waals surface area contributed by atoms with Crippen LogP contribution in [0.25, 0.3) is 0 Å². The molecule has 0 spiro atoms. The summed E-state index contributed by atoms with van der Waals surface area (Å²) in [7, 11) is 0. The molecule has 0 bridgehead atoms. The Morgan fingerprint density at radius 1 is 0.660 bits per heavy atom. The van der Waals surface area contributed by atoms with Gasteiger partial charge in [0.05, 0.1) is 23.7 Å². The molecule has 4 N–H and O–H groups in total. The van der Waals surface area contributed by atoms with Crippen molar-refractivity contribution in [1.29, 1.82) is 0 Å². The average molecular weight is 691 g/mol. The van der Waals surface area contributed by atoms with Gasteiger partial charge in [-0.05, 0) is 140 Å². The quantitative estimate of drug-likeness (QED) is 0.295. The van der Waals surface area contributed by atoms with Crippen molar-refractivity contribution in [1.82, 2.24) is 0 Å². The first kappa shape index (κ1) is 37.2. The molecule has 2 aromatic rings. The summed E-state index contributed by atoms with van der Waals surface area (Å²) in [4.78, 5) is 47.1. The van der Waals surface area contributed by atoms with Gasteiger partial charge < -0.3 is 30.4 Å². The van der Waals surface area contributed by atoms with Crippen LogP contribution in [0.3, 0.4) is 0 Å². The summed E-state index contributed by atoms with van der Waals surface area (Å²) < 4.78 is 22.9. The fourth-order valence-electron chi connectivity index (χ4n) is 6.87. The molecule has 2 aliphatic carbocycles. The molecule has 2 amide bonds. The Morgan fingerprint density at radius 2 is 1.02 bits per heavy atom. The van der Waals surface area contributed by atoms with Gasteiger partial charge in [0.15, 0.2) is 0 Å². The number of hydrogen-bond donors (Lipinski definition) is 2. The molecule has 0 aromatic heterocycles. The maximum absolute atomic E-state index is 12.0. The van der Waals surface area contributed by atoms with Gasteiger partial charge in [-0.25, -0.2) is 0 Å². The van der Waals surface area contributed by atoms with Crippen molar-refractivity contribution < 1.29 is 38.1 Å². The lowest BCUT2D eigenvalue weighted by atomic mass is 9.91. The van der Waals surface area contributed by atoms with E-state index in [2.05, 4.69) is 0 Å². The third kappa shape index (κ3) is 10.0. The van der Waals surface area contributed by atoms with Crippen molar-refractivity contribution >= 4 is 23.8 Å². The van der Waals surface area contributed by atoms with Crippen molar-refractivity contribution in [3.05, 3.63) is 58.7 Å². The highest BCUT2D eigenvalue weighted by molar-refractivity contribution is 5.84. The molecule has 2 aliphatic heterocycles. The summed E-state index contributed by atoms with van der Waals surface area (Å²) in [6, 6.07) is 11.7. The van der Waals surface area contributed by atoms with Crippen LogP contribution in [0.5, 0.6) is 11.5 Å². The Morgan fingerprint density at radius 3 is 1.32 bits per heavy atom. The second kappa shape index (κ2) is 14.3. The van der Waals surface area contributed by atoms with Gasteiger partial charge in [0.25, 0.3) is 0 Å². The minimum Gasteiger partial charge on any atom is -0.490 e. The molecular formula is C40H54N2O8. The van der Waals surface area contributed by atoms with Gasteiger partial charge >= 0.3 is 11.9 Å². The topological polar surface area (TPSA) is 157 Å². The van der Waals surface area contributed by atoms with Crippen LogP contribution in [0.15, 0.2) is 36.4 Å². The van der Waals surface area contributed by atoms with Crippen LogP contribution >= 0.6 is 0 Å². The summed E-state index contributed by atoms with van der Waals surface area (Å²) in [5.74, 6) is 0.858. The number of benzene rings is 2. The zero-order chi connectivity index (χ0) is 36.5. The zero-order valence-electron chi connectivity index (χ0n) is 30.5. The fourth-order valence-corrected chi connectivity index (χ4v) is 6.87. The maximum atomic E-state index is 12.0. The largest absolute Gasteiger partial charge is 0.490 e. The first-order valence-corrected chi connectivity index (χ1v) is 17.9. The summed E-state index contributed by atoms with van der Waals surface area (Å²) in [6.07, 6.45) is 9.06. The monoisotopic (exact) mass is 690 g/mol. The average Bonchev–Trinajstić information content (AvgIpc) is 3.93. The van der Waals surface area contributed by atoms with E-state index in [1.165, 1.54) is 0 Å². The van der Waals surface area contributed by atoms with Crippen molar-refractivity contribution in [2.75, 3.05) is 0 Å². The molecule has 50 heavy (non-hydrogen) atoms. The zero-order valence-corrected chi connectivity index (χ0v) is 30.5. The number of hydrogen-bond acceptors (Lipinski definition) is 8. The summed E-state index contributed by atoms with van der Waals surface area (Å²) in [5, 5.41) is 0. The third-order valence-electron chi connectivity index (χ3n) is 9.83. The van der Waals surface area contributed by atoms with Crippen LogP contribution in [-0.4, -0.2) is 47.2 Å². The minimum atomic E-state index is -0.471. The second-order valence-electron chi connectivity index (χ2n) is 16.7. The molecule has 6 rings (SSSR count). The summed E-state index contributed by atoms with van der Waals surface area (Å²) in [6.45, 7) is 11.2. The van der Waals surface area contributed by atoms with Gasteiger partial charge in [-0.2, -0.15) is 0 Å². The van der Waals surface area contributed by atoms with Gasteiger partial charge in [0, 0.05) is 0 Å². The number of esters is 2. The number of aryl methyl sites for hydroxylation is 2. The van der Waals surface area contributed by atoms with E-state index in [1.807, 2.05) is 77.9 Å². The number of fused-ring (bicyclic) bond motifs is 2. The molecule has 2 saturated carbocycles. The van der Waals surface area contributed by atoms with E-state index in [0.29, 0.717) is 12.8 Å². The number of amides is 2. The molecule has 4 aliphatic rings. The Balaban J connectivity index is 0.000000194. The number of nitrogens with two attached hydrogens (primary N) is 2. The first-order valence-electron chi connectivity index (χ1n) is 17.9. The molecule has 0 radical (unpaired) electrons. The molecule has 10 nitrogen and oxygen atoms in total. The lowest BCUT2D eigenvalue weighted by Gasteiger charge is -2.28. The van der Waals surface area contributed by atoms with E-state index in [0.717, 1.165) is 85.1 Å². The normalized spacial score (nSPS) is 21.0. The van der Waals surface area contributed by atoms with E-state index in [4.69, 9.17) is 30.4 Å². The van der Waals surface area contributed by atoms with Crippen molar-refractivity contribution in [3.63, 3.8) is 0 Å². The van der Waals surface area contributed by atoms with Crippen LogP contribution in [0.1, 0.15) is 115 Å². The van der Waals surface area contributed by atoms with Crippen molar-refractivity contribution in [2.45, 2.75) is 142 Å². The molecule has 0 unspecified atom stereocenters. The highest BCUT2D eigenvalue weighted by Gasteiger charge is 2.51. The van der Waals surface area contributed by atoms with E-state index < -0.39 is 11.2 Å². The molecule has 0 saturated heterocycles. The molecule has 10 heteroatoms. The molecule has 272 valence electrons. The van der Waals surface area contributed by atoms with E-state index >= 15 is 0 Å². The van der Waals surface area contributed by atoms with Crippen molar-refractivity contribution in [3.8, 4) is 11.5 Å². The summed E-state index contributed by atoms with van der Waals surface area (Å²) >= 11 is 0. The number of rotatable bonds is 10. The fraction of sp³-hybridized carbons (Fsp3) is 0.600. The molecule has 2 atom stereocenters. The predicted octanol–water partition coefficient (Wildman–Crippen LogP) is 5.84. The van der Waals surface area contributed by atoms with Crippen LogP contribution in [0.2, 0.25) is 0 Å². The first-order chi connectivity index (χ1) is 23.3. The van der Waals surface area contributed by atoms with Crippen LogP contribution < -0.4 is 20.9 Å². The number of primary amides is 2. The molecular weight excluding hydrogens is 636 g/mol. The van der Waals surface area contributed by atoms with Crippen LogP contribution in [0, 0.1) is 10.8 Å². The van der Waals surface area contributed by atoms with Crippen molar-refractivity contribution in [2.24, 2.45) is 22.3 Å². The van der Waals surface area contributed by atoms with Crippen LogP contribution in [0.4, 0.5) is 0 Å². The Hall–Kier alpha value is -4.08. The van der Waals surface area contributed by atoms with E-state index in [9.17, 15) is 19.2 Å². The van der Waals surface area contributed by atoms with E-state index in [-0.39, 0.29) is 59.6 Å². The Labute approximate surface area is 295 Å². The second-order valence-corrected chi connectivity index (χ2v) is 16.7. The Kier molecular flexibility index (Phi) is 10.6. The maximum Gasteiger partial charge on any atom is 0.310 e. The smallest absolute Gasteiger partial charge is 0.310 e. The lowest BCUT2D eigenvalue weighted by molar-refractivity contribution is -0.155. The predicted molar refractivity (Wildman–Crippen MR) is 188 cm³/mol. The van der Waals surface area contributed by atoms with E-state index in [1.54, 1.807) is 0 Å². The number of carbonyl (C=O) groups is 4. The van der Waals surface area contributed by atoms with Gasteiger partial charge in [-0.1, -0.05) is 24.3 Å². The lowest BCUT2D eigenvalue weighted by Crippen LogP contribution is -2.33. The Bertz CT molecular complexity index is 1490. The third-order valence-corrected chi connectivity index (χ3v) is 9.83. The standard InChI is InChI=1S/2C20H27NO4/c2*1-19(2,3)25-17(22)11-13-4-7-16-14(10-13)5-6-15(24-16)12-20(8-9-20)18(21)23/h2*4,7,10,15H,5-6,8-9,11-12H2,1-3H3,(H2,21,23)/t2*15-/m10/s1. The highest BCUT2D eigenvalue weighted by Crippen LogP contribution is 2.51. The molecule has 2 fully saturated rings. The number of carbonyl (C=O) groups excluding carboxylic acids is 4. The molecule has 2 heterocycles. The molecule has 2 aromatic carbocycles. The minimum absolute atomic E-state index is 0.0409. The van der Waals surface area contributed by atoms with Crippen LogP contribution in [-0.2, 0) is 54.3 Å². The van der Waals surface area contributed by atoms with Gasteiger partial charge in [-0.3, -0.25) is 19.2 Å². The number of ether oxygens (including phenoxy) is 4. The highest BCUT2D eigenvalue weighted by atomic mass is 16.6.